The highest BCUT2D eigenvalue weighted by Gasteiger charge is 2.48. The van der Waals surface area contributed by atoms with Crippen LogP contribution in [0.3, 0.4) is 0 Å². The van der Waals surface area contributed by atoms with Crippen LogP contribution in [0, 0.1) is 5.92 Å². The van der Waals surface area contributed by atoms with Crippen LogP contribution in [0.2, 0.25) is 10.0 Å². The number of carbonyl (C=O) groups excluding carboxylic acids is 3. The van der Waals surface area contributed by atoms with Gasteiger partial charge >= 0.3 is 5.97 Å². The average Bonchev–Trinajstić information content (AvgIpc) is 2.68. The van der Waals surface area contributed by atoms with Gasteiger partial charge < -0.3 is 4.74 Å². The van der Waals surface area contributed by atoms with E-state index in [0.717, 1.165) is 0 Å². The van der Waals surface area contributed by atoms with E-state index in [9.17, 15) is 14.4 Å². The van der Waals surface area contributed by atoms with E-state index in [4.69, 9.17) is 27.9 Å². The van der Waals surface area contributed by atoms with Crippen molar-refractivity contribution < 1.29 is 19.1 Å². The zero-order valence-electron chi connectivity index (χ0n) is 10.5. The molecule has 20 heavy (non-hydrogen) atoms. The van der Waals surface area contributed by atoms with Gasteiger partial charge in [0.2, 0.25) is 11.8 Å². The summed E-state index contributed by atoms with van der Waals surface area (Å²) < 4.78 is 4.84. The van der Waals surface area contributed by atoms with E-state index < -0.39 is 29.6 Å². The molecule has 2 amide bonds. The Morgan fingerprint density at radius 3 is 2.55 bits per heavy atom. The summed E-state index contributed by atoms with van der Waals surface area (Å²) in [6, 6.07) is 4.54. The maximum atomic E-state index is 11.9. The lowest BCUT2D eigenvalue weighted by atomic mass is 9.88. The Balaban J connectivity index is 2.40. The number of benzene rings is 1. The van der Waals surface area contributed by atoms with Crippen molar-refractivity contribution in [3.8, 4) is 0 Å². The summed E-state index contributed by atoms with van der Waals surface area (Å²) in [7, 11) is 0. The average molecular weight is 316 g/mol. The standard InChI is InChI=1S/C13H11Cl2NO4/c1-2-20-13(19)10-9(11(17)16-12(10)18)6-3-4-7(14)8(15)5-6/h3-5,9-10H,2H2,1H3,(H,16,17,18). The third-order valence-electron chi connectivity index (χ3n) is 2.99. The maximum absolute atomic E-state index is 11.9. The molecule has 1 aliphatic heterocycles. The molecule has 0 aromatic heterocycles. The Labute approximate surface area is 125 Å². The fourth-order valence-electron chi connectivity index (χ4n) is 2.10. The minimum atomic E-state index is -1.19. The topological polar surface area (TPSA) is 72.5 Å². The number of halogens is 2. The minimum absolute atomic E-state index is 0.130. The van der Waals surface area contributed by atoms with Crippen molar-refractivity contribution in [1.29, 1.82) is 0 Å². The molecule has 1 aromatic rings. The van der Waals surface area contributed by atoms with Crippen LogP contribution < -0.4 is 5.32 Å². The number of hydrogen-bond donors (Lipinski definition) is 1. The van der Waals surface area contributed by atoms with E-state index in [2.05, 4.69) is 5.32 Å². The molecule has 2 rings (SSSR count). The van der Waals surface area contributed by atoms with Gasteiger partial charge in [0.25, 0.3) is 0 Å². The van der Waals surface area contributed by atoms with Crippen molar-refractivity contribution >= 4 is 41.0 Å². The molecule has 0 bridgehead atoms. The number of rotatable bonds is 3. The molecule has 1 fully saturated rings. The van der Waals surface area contributed by atoms with Gasteiger partial charge in [0.1, 0.15) is 0 Å². The van der Waals surface area contributed by atoms with Crippen LogP contribution in [-0.4, -0.2) is 24.4 Å². The van der Waals surface area contributed by atoms with Gasteiger partial charge in [0, 0.05) is 0 Å². The largest absolute Gasteiger partial charge is 0.465 e. The molecule has 1 saturated heterocycles. The monoisotopic (exact) mass is 315 g/mol. The number of hydrogen-bond acceptors (Lipinski definition) is 4. The fraction of sp³-hybridized carbons (Fsp3) is 0.308. The van der Waals surface area contributed by atoms with Gasteiger partial charge in [0.05, 0.1) is 22.6 Å². The Morgan fingerprint density at radius 1 is 1.25 bits per heavy atom. The first-order chi connectivity index (χ1) is 9.45. The smallest absolute Gasteiger partial charge is 0.319 e. The van der Waals surface area contributed by atoms with Crippen molar-refractivity contribution in [1.82, 2.24) is 5.32 Å². The summed E-state index contributed by atoms with van der Waals surface area (Å²) in [5.74, 6) is -4.08. The van der Waals surface area contributed by atoms with Gasteiger partial charge in [-0.05, 0) is 24.6 Å². The Hall–Kier alpha value is -1.59. The molecule has 0 saturated carbocycles. The van der Waals surface area contributed by atoms with Crippen LogP contribution in [0.15, 0.2) is 18.2 Å². The lowest BCUT2D eigenvalue weighted by Gasteiger charge is -2.15. The summed E-state index contributed by atoms with van der Waals surface area (Å²) in [6.45, 7) is 1.76. The highest BCUT2D eigenvalue weighted by atomic mass is 35.5. The van der Waals surface area contributed by atoms with Gasteiger partial charge in [-0.1, -0.05) is 29.3 Å². The second-order valence-electron chi connectivity index (χ2n) is 4.23. The second-order valence-corrected chi connectivity index (χ2v) is 5.05. The molecule has 1 aromatic carbocycles. The van der Waals surface area contributed by atoms with Crippen molar-refractivity contribution in [2.24, 2.45) is 5.92 Å². The molecular weight excluding hydrogens is 305 g/mol. The first-order valence-corrected chi connectivity index (χ1v) is 6.67. The normalized spacial score (nSPS) is 21.8. The van der Waals surface area contributed by atoms with Crippen molar-refractivity contribution in [2.45, 2.75) is 12.8 Å². The molecule has 5 nitrogen and oxygen atoms in total. The molecule has 1 heterocycles. The minimum Gasteiger partial charge on any atom is -0.465 e. The number of imide groups is 1. The first-order valence-electron chi connectivity index (χ1n) is 5.92. The SMILES string of the molecule is CCOC(=O)C1C(=O)NC(=O)C1c1ccc(Cl)c(Cl)c1. The van der Waals surface area contributed by atoms with Crippen LogP contribution >= 0.6 is 23.2 Å². The number of ether oxygens (including phenoxy) is 1. The predicted molar refractivity (Wildman–Crippen MR) is 72.5 cm³/mol. The molecule has 0 aliphatic carbocycles. The van der Waals surface area contributed by atoms with Crippen molar-refractivity contribution in [3.63, 3.8) is 0 Å². The Kier molecular flexibility index (Phi) is 4.30. The van der Waals surface area contributed by atoms with Crippen LogP contribution in [0.1, 0.15) is 18.4 Å². The van der Waals surface area contributed by atoms with Crippen molar-refractivity contribution in [3.05, 3.63) is 33.8 Å². The van der Waals surface area contributed by atoms with Crippen LogP contribution in [0.25, 0.3) is 0 Å². The van der Waals surface area contributed by atoms with Gasteiger partial charge in [-0.2, -0.15) is 0 Å². The second kappa shape index (κ2) is 5.81. The number of nitrogens with one attached hydrogen (secondary N) is 1. The van der Waals surface area contributed by atoms with Gasteiger partial charge in [-0.15, -0.1) is 0 Å². The van der Waals surface area contributed by atoms with Crippen molar-refractivity contribution in [2.75, 3.05) is 6.61 Å². The molecule has 0 spiro atoms. The molecule has 7 heteroatoms. The fourth-order valence-corrected chi connectivity index (χ4v) is 2.41. The van der Waals surface area contributed by atoms with E-state index in [1.165, 1.54) is 12.1 Å². The third kappa shape index (κ3) is 2.64. The first kappa shape index (κ1) is 14.8. The number of carbonyl (C=O) groups is 3. The van der Waals surface area contributed by atoms with E-state index in [0.29, 0.717) is 10.6 Å². The summed E-state index contributed by atoms with van der Waals surface area (Å²) in [5.41, 5.74) is 0.445. The lowest BCUT2D eigenvalue weighted by molar-refractivity contribution is -0.151. The van der Waals surface area contributed by atoms with Gasteiger partial charge in [-0.25, -0.2) is 0 Å². The van der Waals surface area contributed by atoms with E-state index >= 15 is 0 Å². The third-order valence-corrected chi connectivity index (χ3v) is 3.73. The number of esters is 1. The maximum Gasteiger partial charge on any atom is 0.319 e. The Morgan fingerprint density at radius 2 is 1.95 bits per heavy atom. The van der Waals surface area contributed by atoms with Crippen LogP contribution in [-0.2, 0) is 19.1 Å². The van der Waals surface area contributed by atoms with Gasteiger partial charge in [0.15, 0.2) is 5.92 Å². The molecule has 1 N–H and O–H groups in total. The lowest BCUT2D eigenvalue weighted by Crippen LogP contribution is -2.29. The van der Waals surface area contributed by atoms with Crippen LogP contribution in [0.5, 0.6) is 0 Å². The molecule has 1 aliphatic rings. The summed E-state index contributed by atoms with van der Waals surface area (Å²) in [6.07, 6.45) is 0. The van der Waals surface area contributed by atoms with E-state index in [-0.39, 0.29) is 11.6 Å². The summed E-state index contributed by atoms with van der Waals surface area (Å²) >= 11 is 11.7. The van der Waals surface area contributed by atoms with E-state index in [1.54, 1.807) is 13.0 Å². The Bertz CT molecular complexity index is 588. The molecule has 2 atom stereocenters. The molecular formula is C13H11Cl2NO4. The number of amides is 2. The molecule has 0 radical (unpaired) electrons. The zero-order valence-corrected chi connectivity index (χ0v) is 12.0. The highest BCUT2D eigenvalue weighted by Crippen LogP contribution is 2.34. The summed E-state index contributed by atoms with van der Waals surface area (Å²) in [5, 5.41) is 2.71. The quantitative estimate of drug-likeness (QED) is 0.525. The van der Waals surface area contributed by atoms with Crippen LogP contribution in [0.4, 0.5) is 0 Å². The van der Waals surface area contributed by atoms with Gasteiger partial charge in [-0.3, -0.25) is 19.7 Å². The summed E-state index contributed by atoms with van der Waals surface area (Å²) in [4.78, 5) is 35.5. The van der Waals surface area contributed by atoms with E-state index in [1.807, 2.05) is 0 Å². The zero-order chi connectivity index (χ0) is 14.9. The molecule has 2 unspecified atom stereocenters. The predicted octanol–water partition coefficient (Wildman–Crippen LogP) is 1.91. The highest BCUT2D eigenvalue weighted by molar-refractivity contribution is 6.42. The molecule has 106 valence electrons.